The van der Waals surface area contributed by atoms with Gasteiger partial charge in [0.15, 0.2) is 11.6 Å². The van der Waals surface area contributed by atoms with E-state index in [1.54, 1.807) is 13.2 Å². The van der Waals surface area contributed by atoms with Crippen molar-refractivity contribution in [1.82, 2.24) is 9.88 Å². The first kappa shape index (κ1) is 14.7. The Balaban J connectivity index is 2.03. The summed E-state index contributed by atoms with van der Waals surface area (Å²) in [7, 11) is 1.65. The average molecular weight is 280 g/mol. The van der Waals surface area contributed by atoms with Crippen LogP contribution in [0.15, 0.2) is 36.5 Å². The molecule has 0 fully saturated rings. The lowest BCUT2D eigenvalue weighted by atomic mass is 10.2. The number of hydrogen-bond acceptors (Lipinski definition) is 2. The van der Waals surface area contributed by atoms with Crippen LogP contribution in [0.3, 0.4) is 0 Å². The van der Waals surface area contributed by atoms with Crippen LogP contribution < -0.4 is 5.32 Å². The van der Waals surface area contributed by atoms with Crippen LogP contribution in [-0.2, 0) is 17.8 Å². The minimum atomic E-state index is -0.811. The van der Waals surface area contributed by atoms with Gasteiger partial charge in [-0.3, -0.25) is 0 Å². The van der Waals surface area contributed by atoms with Gasteiger partial charge in [-0.15, -0.1) is 0 Å². The van der Waals surface area contributed by atoms with Crippen molar-refractivity contribution in [3.8, 4) is 0 Å². The number of rotatable bonds is 7. The summed E-state index contributed by atoms with van der Waals surface area (Å²) in [4.78, 5) is 0. The van der Waals surface area contributed by atoms with Gasteiger partial charge in [-0.05, 0) is 18.2 Å². The monoisotopic (exact) mass is 280 g/mol. The minimum absolute atomic E-state index is 0.317. The molecule has 0 saturated carbocycles. The molecular formula is C15H18F2N2O. The summed E-state index contributed by atoms with van der Waals surface area (Å²) in [5.74, 6) is -1.59. The number of benzene rings is 1. The van der Waals surface area contributed by atoms with Crippen molar-refractivity contribution < 1.29 is 13.5 Å². The van der Waals surface area contributed by atoms with E-state index >= 15 is 0 Å². The lowest BCUT2D eigenvalue weighted by Gasteiger charge is -2.11. The Morgan fingerprint density at radius 3 is 2.85 bits per heavy atom. The summed E-state index contributed by atoms with van der Waals surface area (Å²) < 4.78 is 33.7. The van der Waals surface area contributed by atoms with Gasteiger partial charge in [0.1, 0.15) is 0 Å². The smallest absolute Gasteiger partial charge is 0.163 e. The third kappa shape index (κ3) is 3.65. The van der Waals surface area contributed by atoms with Crippen molar-refractivity contribution in [3.63, 3.8) is 0 Å². The van der Waals surface area contributed by atoms with E-state index < -0.39 is 11.6 Å². The quantitative estimate of drug-likeness (QED) is 0.789. The molecule has 0 atom stereocenters. The topological polar surface area (TPSA) is 26.2 Å². The fourth-order valence-electron chi connectivity index (χ4n) is 2.01. The van der Waals surface area contributed by atoms with Gasteiger partial charge in [0, 0.05) is 37.7 Å². The van der Waals surface area contributed by atoms with Gasteiger partial charge in [-0.1, -0.05) is 12.1 Å². The molecule has 0 aliphatic carbocycles. The summed E-state index contributed by atoms with van der Waals surface area (Å²) in [5.41, 5.74) is 1.36. The molecule has 0 aliphatic heterocycles. The summed E-state index contributed by atoms with van der Waals surface area (Å²) in [6.07, 6.45) is 1.86. The molecule has 0 aliphatic rings. The van der Waals surface area contributed by atoms with E-state index in [2.05, 4.69) is 5.32 Å². The molecule has 20 heavy (non-hydrogen) atoms. The fourth-order valence-corrected chi connectivity index (χ4v) is 2.01. The lowest BCUT2D eigenvalue weighted by molar-refractivity contribution is 0.199. The van der Waals surface area contributed by atoms with Gasteiger partial charge in [-0.25, -0.2) is 8.78 Å². The van der Waals surface area contributed by atoms with Crippen LogP contribution in [-0.4, -0.2) is 24.8 Å². The largest absolute Gasteiger partial charge is 0.383 e. The predicted molar refractivity (Wildman–Crippen MR) is 73.5 cm³/mol. The number of methoxy groups -OCH3 is 1. The highest BCUT2D eigenvalue weighted by molar-refractivity contribution is 5.21. The first-order valence-corrected chi connectivity index (χ1v) is 6.49. The molecule has 0 radical (unpaired) electrons. The number of nitrogens with one attached hydrogen (secondary N) is 1. The highest BCUT2D eigenvalue weighted by atomic mass is 19.2. The second-order valence-electron chi connectivity index (χ2n) is 4.51. The molecule has 108 valence electrons. The van der Waals surface area contributed by atoms with Gasteiger partial charge in [0.25, 0.3) is 0 Å². The van der Waals surface area contributed by atoms with E-state index in [1.807, 2.05) is 22.9 Å². The van der Waals surface area contributed by atoms with Gasteiger partial charge in [0.2, 0.25) is 0 Å². The van der Waals surface area contributed by atoms with E-state index in [0.29, 0.717) is 25.3 Å². The zero-order valence-electron chi connectivity index (χ0n) is 11.4. The number of ether oxygens (including phenoxy) is 1. The second kappa shape index (κ2) is 7.17. The van der Waals surface area contributed by atoms with Crippen LogP contribution in [0.25, 0.3) is 0 Å². The van der Waals surface area contributed by atoms with E-state index in [9.17, 15) is 8.78 Å². The molecule has 2 rings (SSSR count). The summed E-state index contributed by atoms with van der Waals surface area (Å²) in [5, 5.41) is 3.23. The number of halogens is 2. The van der Waals surface area contributed by atoms with Crippen LogP contribution >= 0.6 is 0 Å². The maximum atomic E-state index is 13.7. The van der Waals surface area contributed by atoms with E-state index in [4.69, 9.17) is 4.74 Å². The Hall–Kier alpha value is -1.72. The first-order valence-electron chi connectivity index (χ1n) is 6.49. The van der Waals surface area contributed by atoms with Gasteiger partial charge in [0.05, 0.1) is 13.2 Å². The zero-order valence-corrected chi connectivity index (χ0v) is 11.4. The van der Waals surface area contributed by atoms with Crippen LogP contribution in [0.5, 0.6) is 0 Å². The van der Waals surface area contributed by atoms with E-state index in [0.717, 1.165) is 18.3 Å². The Morgan fingerprint density at radius 2 is 2.05 bits per heavy atom. The van der Waals surface area contributed by atoms with Crippen molar-refractivity contribution in [2.75, 3.05) is 20.3 Å². The Kier molecular flexibility index (Phi) is 5.26. The van der Waals surface area contributed by atoms with Crippen LogP contribution in [0.2, 0.25) is 0 Å². The van der Waals surface area contributed by atoms with E-state index in [1.165, 1.54) is 6.07 Å². The van der Waals surface area contributed by atoms with Gasteiger partial charge < -0.3 is 14.6 Å². The summed E-state index contributed by atoms with van der Waals surface area (Å²) in [6.45, 7) is 2.36. The second-order valence-corrected chi connectivity index (χ2v) is 4.51. The maximum absolute atomic E-state index is 13.7. The SMILES string of the molecule is COCCNCc1cccn1Cc1cccc(F)c1F. The first-order chi connectivity index (χ1) is 9.72. The van der Waals surface area contributed by atoms with Crippen molar-refractivity contribution in [2.45, 2.75) is 13.1 Å². The van der Waals surface area contributed by atoms with Crippen LogP contribution in [0.1, 0.15) is 11.3 Å². The summed E-state index contributed by atoms with van der Waals surface area (Å²) >= 11 is 0. The molecule has 0 unspecified atom stereocenters. The third-order valence-corrected chi connectivity index (χ3v) is 3.08. The fraction of sp³-hybridized carbons (Fsp3) is 0.333. The van der Waals surface area contributed by atoms with Crippen molar-refractivity contribution in [3.05, 3.63) is 59.4 Å². The normalized spacial score (nSPS) is 10.9. The van der Waals surface area contributed by atoms with Crippen molar-refractivity contribution in [2.24, 2.45) is 0 Å². The molecule has 3 nitrogen and oxygen atoms in total. The standard InChI is InChI=1S/C15H18F2N2O/c1-20-9-7-18-10-13-5-3-8-19(13)11-12-4-2-6-14(16)15(12)17/h2-6,8,18H,7,9-11H2,1H3. The van der Waals surface area contributed by atoms with Crippen LogP contribution in [0, 0.1) is 11.6 Å². The highest BCUT2D eigenvalue weighted by Crippen LogP contribution is 2.14. The Bertz CT molecular complexity index is 555. The third-order valence-electron chi connectivity index (χ3n) is 3.08. The molecule has 0 amide bonds. The molecule has 0 spiro atoms. The molecule has 1 N–H and O–H groups in total. The van der Waals surface area contributed by atoms with Gasteiger partial charge >= 0.3 is 0 Å². The molecule has 5 heteroatoms. The summed E-state index contributed by atoms with van der Waals surface area (Å²) in [6, 6.07) is 8.09. The highest BCUT2D eigenvalue weighted by Gasteiger charge is 2.09. The molecule has 1 aromatic heterocycles. The number of nitrogens with zero attached hydrogens (tertiary/aromatic N) is 1. The number of hydrogen-bond donors (Lipinski definition) is 1. The van der Waals surface area contributed by atoms with Gasteiger partial charge in [-0.2, -0.15) is 0 Å². The maximum Gasteiger partial charge on any atom is 0.163 e. The van der Waals surface area contributed by atoms with Crippen LogP contribution in [0.4, 0.5) is 8.78 Å². The molecule has 2 aromatic rings. The Labute approximate surface area is 117 Å². The Morgan fingerprint density at radius 1 is 1.20 bits per heavy atom. The average Bonchev–Trinajstić information content (AvgIpc) is 2.87. The lowest BCUT2D eigenvalue weighted by Crippen LogP contribution is -2.20. The van der Waals surface area contributed by atoms with E-state index in [-0.39, 0.29) is 0 Å². The molecule has 0 bridgehead atoms. The zero-order chi connectivity index (χ0) is 14.4. The van der Waals surface area contributed by atoms with Crippen molar-refractivity contribution >= 4 is 0 Å². The molecular weight excluding hydrogens is 262 g/mol. The van der Waals surface area contributed by atoms with Crippen molar-refractivity contribution in [1.29, 1.82) is 0 Å². The molecule has 0 saturated heterocycles. The number of aromatic nitrogens is 1. The minimum Gasteiger partial charge on any atom is -0.383 e. The molecule has 1 aromatic carbocycles. The molecule has 1 heterocycles. The predicted octanol–water partition coefficient (Wildman–Crippen LogP) is 2.55.